The van der Waals surface area contributed by atoms with Crippen LogP contribution < -0.4 is 0 Å². The summed E-state index contributed by atoms with van der Waals surface area (Å²) in [5.41, 5.74) is 9.47. The maximum atomic E-state index is 4.75. The molecule has 5 heterocycles. The maximum Gasteiger partial charge on any atom is 0.170 e. The van der Waals surface area contributed by atoms with Crippen LogP contribution in [-0.4, -0.2) is 33.9 Å². The zero-order valence-corrected chi connectivity index (χ0v) is 26.2. The summed E-state index contributed by atoms with van der Waals surface area (Å²) in [6, 6.07) is 49.1. The summed E-state index contributed by atoms with van der Waals surface area (Å²) in [5, 5.41) is 14.3. The fraction of sp³-hybridized carbons (Fsp3) is 0. The average Bonchev–Trinajstić information content (AvgIpc) is 3.86. The molecule has 0 aliphatic heterocycles. The van der Waals surface area contributed by atoms with Crippen molar-refractivity contribution in [3.8, 4) is 39.8 Å². The summed E-state index contributed by atoms with van der Waals surface area (Å²) < 4.78 is 6.78. The van der Waals surface area contributed by atoms with E-state index in [1.165, 1.54) is 32.6 Å². The first-order chi connectivity index (χ1) is 24.3. The molecule has 0 atom stereocenters. The van der Waals surface area contributed by atoms with Gasteiger partial charge in [0.25, 0.3) is 0 Å². The highest BCUT2D eigenvalue weighted by Crippen LogP contribution is 2.37. The maximum absolute atomic E-state index is 4.75. The van der Waals surface area contributed by atoms with Gasteiger partial charge in [0.05, 0.1) is 34.0 Å². The summed E-state index contributed by atoms with van der Waals surface area (Å²) in [5.74, 6) is 1.43. The van der Waals surface area contributed by atoms with Crippen molar-refractivity contribution in [1.29, 1.82) is 0 Å². The minimum atomic E-state index is 0.704. The largest absolute Gasteiger partial charge is 0.309 e. The normalized spacial score (nSPS) is 11.7. The van der Waals surface area contributed by atoms with Crippen LogP contribution in [0.2, 0.25) is 0 Å². The lowest BCUT2D eigenvalue weighted by molar-refractivity contribution is 1.05. The fourth-order valence-corrected chi connectivity index (χ4v) is 7.24. The molecule has 0 unspecified atom stereocenters. The Kier molecular flexibility index (Phi) is 6.04. The molecule has 7 heteroatoms. The Morgan fingerprint density at radius 3 is 1.47 bits per heavy atom. The zero-order chi connectivity index (χ0) is 32.3. The highest BCUT2D eigenvalue weighted by atomic mass is 15.3. The Hall–Kier alpha value is -6.86. The molecule has 5 aromatic carbocycles. The third-order valence-electron chi connectivity index (χ3n) is 9.35. The van der Waals surface area contributed by atoms with Gasteiger partial charge in [0.15, 0.2) is 11.6 Å². The first-order valence-corrected chi connectivity index (χ1v) is 16.2. The molecule has 10 aromatic rings. The Morgan fingerprint density at radius 1 is 0.347 bits per heavy atom. The number of benzene rings is 5. The summed E-state index contributed by atoms with van der Waals surface area (Å²) in [4.78, 5) is 8.76. The van der Waals surface area contributed by atoms with E-state index in [-0.39, 0.29) is 0 Å². The molecule has 0 aliphatic carbocycles. The minimum Gasteiger partial charge on any atom is -0.309 e. The molecular formula is C42H27N7. The number of hydrogen-bond acceptors (Lipinski definition) is 4. The third-order valence-corrected chi connectivity index (χ3v) is 9.35. The van der Waals surface area contributed by atoms with Crippen molar-refractivity contribution < 1.29 is 0 Å². The molecule has 49 heavy (non-hydrogen) atoms. The van der Waals surface area contributed by atoms with Crippen LogP contribution in [0.5, 0.6) is 0 Å². The van der Waals surface area contributed by atoms with Crippen molar-refractivity contribution in [1.82, 2.24) is 33.9 Å². The molecule has 0 bridgehead atoms. The second-order valence-electron chi connectivity index (χ2n) is 12.1. The molecule has 10 rings (SSSR count). The van der Waals surface area contributed by atoms with Crippen molar-refractivity contribution in [3.63, 3.8) is 0 Å². The predicted molar refractivity (Wildman–Crippen MR) is 196 cm³/mol. The van der Waals surface area contributed by atoms with Crippen LogP contribution in [0.25, 0.3) is 83.4 Å². The number of fused-ring (bicyclic) bond motifs is 6. The third kappa shape index (κ3) is 4.22. The molecule has 0 aliphatic rings. The molecule has 0 saturated heterocycles. The molecule has 0 amide bonds. The van der Waals surface area contributed by atoms with E-state index in [1.54, 1.807) is 12.4 Å². The van der Waals surface area contributed by atoms with Gasteiger partial charge >= 0.3 is 0 Å². The highest BCUT2D eigenvalue weighted by Gasteiger charge is 2.20. The monoisotopic (exact) mass is 629 g/mol. The summed E-state index contributed by atoms with van der Waals surface area (Å²) in [6.07, 6.45) is 7.18. The molecule has 0 spiro atoms. The highest BCUT2D eigenvalue weighted by molar-refractivity contribution is 6.11. The van der Waals surface area contributed by atoms with E-state index in [9.17, 15) is 0 Å². The first-order valence-electron chi connectivity index (χ1n) is 16.2. The second-order valence-corrected chi connectivity index (χ2v) is 12.1. The van der Waals surface area contributed by atoms with Gasteiger partial charge in [-0.25, -0.2) is 0 Å². The van der Waals surface area contributed by atoms with E-state index < -0.39 is 0 Å². The topological polar surface area (TPSA) is 66.3 Å². The fourth-order valence-electron chi connectivity index (χ4n) is 7.24. The summed E-state index contributed by atoms with van der Waals surface area (Å²) in [6.45, 7) is 0. The van der Waals surface area contributed by atoms with Gasteiger partial charge in [-0.1, -0.05) is 72.8 Å². The number of pyridine rings is 2. The molecule has 0 saturated carbocycles. The van der Waals surface area contributed by atoms with Crippen molar-refractivity contribution in [2.24, 2.45) is 0 Å². The molecule has 0 radical (unpaired) electrons. The van der Waals surface area contributed by atoms with Gasteiger partial charge in [-0.15, -0.1) is 10.2 Å². The van der Waals surface area contributed by atoms with E-state index in [1.807, 2.05) is 36.7 Å². The Balaban J connectivity index is 1.21. The van der Waals surface area contributed by atoms with Gasteiger partial charge in [0.1, 0.15) is 0 Å². The van der Waals surface area contributed by atoms with Gasteiger partial charge in [0.2, 0.25) is 0 Å². The minimum absolute atomic E-state index is 0.704. The molecule has 0 fully saturated rings. The lowest BCUT2D eigenvalue weighted by Gasteiger charge is -2.13. The van der Waals surface area contributed by atoms with Crippen molar-refractivity contribution >= 4 is 43.6 Å². The number of hydrogen-bond donors (Lipinski definition) is 0. The standard InChI is InChI=1S/C42H27N7/c1-4-17-37-33(14-1)34-15-2-5-18-38(34)47(37)30-11-7-12-31(25-30)48-39-19-6-3-16-35(39)36-21-20-28(24-40(36)48)41-45-46-42(29-10-8-22-43-26-29)49(41)32-13-9-23-44-27-32/h1-27H. The Bertz CT molecular complexity index is 2770. The smallest absolute Gasteiger partial charge is 0.170 e. The zero-order valence-electron chi connectivity index (χ0n) is 26.2. The van der Waals surface area contributed by atoms with E-state index in [4.69, 9.17) is 5.10 Å². The molecule has 0 N–H and O–H groups in total. The molecular weight excluding hydrogens is 603 g/mol. The number of para-hydroxylation sites is 3. The molecule has 5 aromatic heterocycles. The van der Waals surface area contributed by atoms with E-state index in [2.05, 4.69) is 144 Å². The van der Waals surface area contributed by atoms with Crippen LogP contribution in [0, 0.1) is 0 Å². The van der Waals surface area contributed by atoms with Crippen molar-refractivity contribution in [2.45, 2.75) is 0 Å². The Morgan fingerprint density at radius 2 is 0.878 bits per heavy atom. The summed E-state index contributed by atoms with van der Waals surface area (Å²) in [7, 11) is 0. The quantitative estimate of drug-likeness (QED) is 0.190. The SMILES string of the molecule is c1cncc(-c2nnc(-c3ccc4c5ccccc5n(-c5cccc(-n6c7ccccc7c7ccccc76)c5)c4c3)n2-c2cccnc2)c1. The van der Waals surface area contributed by atoms with Crippen LogP contribution in [0.4, 0.5) is 0 Å². The van der Waals surface area contributed by atoms with E-state index in [0.29, 0.717) is 5.82 Å². The lowest BCUT2D eigenvalue weighted by atomic mass is 10.1. The number of nitrogens with zero attached hydrogens (tertiary/aromatic N) is 7. The van der Waals surface area contributed by atoms with Crippen LogP contribution in [0.15, 0.2) is 164 Å². The average molecular weight is 630 g/mol. The van der Waals surface area contributed by atoms with E-state index >= 15 is 0 Å². The van der Waals surface area contributed by atoms with E-state index in [0.717, 1.165) is 45.0 Å². The number of aromatic nitrogens is 7. The molecule has 230 valence electrons. The van der Waals surface area contributed by atoms with Gasteiger partial charge in [0, 0.05) is 62.6 Å². The number of rotatable bonds is 5. The van der Waals surface area contributed by atoms with Gasteiger partial charge < -0.3 is 9.13 Å². The summed E-state index contributed by atoms with van der Waals surface area (Å²) >= 11 is 0. The van der Waals surface area contributed by atoms with Crippen LogP contribution in [-0.2, 0) is 0 Å². The predicted octanol–water partition coefficient (Wildman–Crippen LogP) is 9.59. The van der Waals surface area contributed by atoms with Crippen LogP contribution >= 0.6 is 0 Å². The van der Waals surface area contributed by atoms with Crippen molar-refractivity contribution in [3.05, 3.63) is 164 Å². The van der Waals surface area contributed by atoms with Gasteiger partial charge in [-0.05, 0) is 66.7 Å². The second kappa shape index (κ2) is 10.9. The molecule has 7 nitrogen and oxygen atoms in total. The van der Waals surface area contributed by atoms with Crippen LogP contribution in [0.3, 0.4) is 0 Å². The van der Waals surface area contributed by atoms with Crippen molar-refractivity contribution in [2.75, 3.05) is 0 Å². The lowest BCUT2D eigenvalue weighted by Crippen LogP contribution is -2.01. The first kappa shape index (κ1) is 27.3. The Labute approximate surface area is 281 Å². The van der Waals surface area contributed by atoms with Gasteiger partial charge in [-0.2, -0.15) is 0 Å². The van der Waals surface area contributed by atoms with Crippen LogP contribution in [0.1, 0.15) is 0 Å². The van der Waals surface area contributed by atoms with Gasteiger partial charge in [-0.3, -0.25) is 14.5 Å².